The van der Waals surface area contributed by atoms with Crippen molar-refractivity contribution in [2.75, 3.05) is 47.5 Å². The number of nitrogens with zero attached hydrogens (tertiary/aromatic N) is 1. The van der Waals surface area contributed by atoms with Crippen LogP contribution in [0.1, 0.15) is 181 Å². The Balaban J connectivity index is 4.40. The number of aliphatic carboxylic acids is 1. The second-order valence-corrected chi connectivity index (χ2v) is 17.0. The van der Waals surface area contributed by atoms with E-state index in [-0.39, 0.29) is 38.6 Å². The minimum atomic E-state index is -1.63. The van der Waals surface area contributed by atoms with Crippen molar-refractivity contribution in [2.24, 2.45) is 0 Å². The second kappa shape index (κ2) is 43.4. The number of likely N-dealkylation sites (N-methyl/N-ethyl adjacent to an activating group) is 1. The number of carbonyl (C=O) groups is 3. The van der Waals surface area contributed by atoms with E-state index in [1.54, 1.807) is 0 Å². The number of quaternary nitrogens is 1. The van der Waals surface area contributed by atoms with Crippen LogP contribution in [0.25, 0.3) is 0 Å². The highest BCUT2D eigenvalue weighted by molar-refractivity contribution is 5.70. The summed E-state index contributed by atoms with van der Waals surface area (Å²) in [6.45, 7) is 4.57. The number of carbonyl (C=O) groups excluding carboxylic acids is 3. The summed E-state index contributed by atoms with van der Waals surface area (Å²) >= 11 is 0. The topological polar surface area (TPSA) is 111 Å². The molecule has 9 nitrogen and oxygen atoms in total. The van der Waals surface area contributed by atoms with Crippen LogP contribution < -0.4 is 5.11 Å². The lowest BCUT2D eigenvalue weighted by Crippen LogP contribution is -2.44. The first-order valence-corrected chi connectivity index (χ1v) is 24.1. The first-order valence-electron chi connectivity index (χ1n) is 24.1. The highest BCUT2D eigenvalue weighted by atomic mass is 16.7. The van der Waals surface area contributed by atoms with Gasteiger partial charge in [0.15, 0.2) is 12.4 Å². The fourth-order valence-electron chi connectivity index (χ4n) is 6.20. The third-order valence-corrected chi connectivity index (χ3v) is 9.94. The number of carboxylic acids is 1. The van der Waals surface area contributed by atoms with Gasteiger partial charge in [0.1, 0.15) is 13.2 Å². The zero-order chi connectivity index (χ0) is 44.9. The maximum Gasteiger partial charge on any atom is 0.306 e. The van der Waals surface area contributed by atoms with Crippen molar-refractivity contribution in [2.45, 2.75) is 193 Å². The molecule has 61 heavy (non-hydrogen) atoms. The summed E-state index contributed by atoms with van der Waals surface area (Å²) < 4.78 is 22.6. The van der Waals surface area contributed by atoms with Crippen molar-refractivity contribution in [3.8, 4) is 0 Å². The molecule has 0 aliphatic carbocycles. The van der Waals surface area contributed by atoms with Gasteiger partial charge in [-0.25, -0.2) is 0 Å². The molecule has 0 heterocycles. The van der Waals surface area contributed by atoms with Crippen molar-refractivity contribution < 1.29 is 42.9 Å². The van der Waals surface area contributed by atoms with E-state index in [9.17, 15) is 19.5 Å². The average Bonchev–Trinajstić information content (AvgIpc) is 3.22. The van der Waals surface area contributed by atoms with Gasteiger partial charge < -0.3 is 33.3 Å². The molecule has 0 rings (SSSR count). The third kappa shape index (κ3) is 44.6. The Morgan fingerprint density at radius 1 is 0.508 bits per heavy atom. The molecule has 0 spiro atoms. The third-order valence-electron chi connectivity index (χ3n) is 9.94. The highest BCUT2D eigenvalue weighted by Gasteiger charge is 2.21. The van der Waals surface area contributed by atoms with E-state index < -0.39 is 24.3 Å². The Kier molecular flexibility index (Phi) is 41.1. The number of ether oxygens (including phenoxy) is 4. The fraction of sp³-hybridized carbons (Fsp3) is 0.712. The molecule has 0 aliphatic rings. The number of hydrogen-bond donors (Lipinski definition) is 0. The molecule has 0 saturated carbocycles. The van der Waals surface area contributed by atoms with Gasteiger partial charge in [0.05, 0.1) is 40.3 Å². The van der Waals surface area contributed by atoms with Crippen LogP contribution in [0.15, 0.2) is 72.9 Å². The maximum absolute atomic E-state index is 12.8. The largest absolute Gasteiger partial charge is 0.545 e. The smallest absolute Gasteiger partial charge is 0.306 e. The normalized spacial score (nSPS) is 13.5. The van der Waals surface area contributed by atoms with Gasteiger partial charge in [-0.05, 0) is 83.5 Å². The van der Waals surface area contributed by atoms with Crippen molar-refractivity contribution in [1.82, 2.24) is 0 Å². The van der Waals surface area contributed by atoms with E-state index in [4.69, 9.17) is 18.9 Å². The quantitative estimate of drug-likeness (QED) is 0.0196. The van der Waals surface area contributed by atoms with Crippen molar-refractivity contribution in [3.63, 3.8) is 0 Å². The molecule has 0 aliphatic heterocycles. The first kappa shape index (κ1) is 57.7. The Morgan fingerprint density at radius 2 is 0.934 bits per heavy atom. The van der Waals surface area contributed by atoms with Crippen LogP contribution in [-0.4, -0.2) is 82.3 Å². The van der Waals surface area contributed by atoms with Gasteiger partial charge in [0.2, 0.25) is 0 Å². The molecule has 2 unspecified atom stereocenters. The number of carboxylic acid groups (broad SMARTS) is 1. The summed E-state index contributed by atoms with van der Waals surface area (Å²) in [6, 6.07) is 0. The Hall–Kier alpha value is -3.27. The van der Waals surface area contributed by atoms with Crippen LogP contribution in [0, 0.1) is 0 Å². The van der Waals surface area contributed by atoms with Crippen LogP contribution in [0.2, 0.25) is 0 Å². The highest BCUT2D eigenvalue weighted by Crippen LogP contribution is 2.13. The second-order valence-electron chi connectivity index (χ2n) is 17.0. The van der Waals surface area contributed by atoms with Crippen LogP contribution in [-0.2, 0) is 33.3 Å². The molecule has 0 saturated heterocycles. The van der Waals surface area contributed by atoms with Crippen LogP contribution in [0.4, 0.5) is 0 Å². The number of esters is 2. The van der Waals surface area contributed by atoms with E-state index >= 15 is 0 Å². The van der Waals surface area contributed by atoms with Crippen LogP contribution in [0.5, 0.6) is 0 Å². The summed E-state index contributed by atoms with van der Waals surface area (Å²) in [5.41, 5.74) is 0. The van der Waals surface area contributed by atoms with Crippen molar-refractivity contribution in [3.05, 3.63) is 72.9 Å². The minimum Gasteiger partial charge on any atom is -0.545 e. The monoisotopic (exact) mass is 856 g/mol. The maximum atomic E-state index is 12.8. The SMILES string of the molecule is CC/C=C\C/C=C\C/C=C\C/C=C\C/C=C\CCCCCCCCCC(=O)OC(COC(=O)CCCCCCC/C=C\CCCCCC)COC(OCC[N+](C)(C)C)C(=O)[O-]. The molecule has 0 aromatic carbocycles. The van der Waals surface area contributed by atoms with E-state index in [1.807, 2.05) is 21.1 Å². The number of allylic oxidation sites excluding steroid dienone is 12. The van der Waals surface area contributed by atoms with Gasteiger partial charge in [-0.1, -0.05) is 157 Å². The molecule has 0 bridgehead atoms. The van der Waals surface area contributed by atoms with E-state index in [1.165, 1.54) is 51.4 Å². The predicted octanol–water partition coefficient (Wildman–Crippen LogP) is 11.8. The molecule has 2 atom stereocenters. The first-order chi connectivity index (χ1) is 29.6. The van der Waals surface area contributed by atoms with E-state index in [2.05, 4.69) is 86.8 Å². The number of hydrogen-bond acceptors (Lipinski definition) is 8. The van der Waals surface area contributed by atoms with E-state index in [0.29, 0.717) is 17.4 Å². The number of unbranched alkanes of at least 4 members (excludes halogenated alkanes) is 16. The molecule has 350 valence electrons. The summed E-state index contributed by atoms with van der Waals surface area (Å²) in [4.78, 5) is 37.0. The molecule has 0 radical (unpaired) electrons. The lowest BCUT2D eigenvalue weighted by Gasteiger charge is -2.26. The zero-order valence-corrected chi connectivity index (χ0v) is 39.5. The van der Waals surface area contributed by atoms with Gasteiger partial charge in [-0.15, -0.1) is 0 Å². The molecule has 0 aromatic rings. The van der Waals surface area contributed by atoms with Gasteiger partial charge in [0, 0.05) is 12.8 Å². The molecular weight excluding hydrogens is 767 g/mol. The standard InChI is InChI=1S/C52H89NO8/c1-6-8-10-12-14-16-18-20-21-22-23-24-25-26-27-28-29-31-33-35-37-39-41-43-50(55)61-48(47-60-52(51(56)57)58-45-44-53(3,4)5)46-59-49(54)42-40-38-36-34-32-30-19-17-15-13-11-9-7-2/h8,10,14,16-17,19-21,23-24,26-27,48,52H,6-7,9,11-13,15,18,22,25,28-47H2,1-5H3/b10-8-,16-14-,19-17-,21-20-,24-23-,27-26-. The summed E-state index contributed by atoms with van der Waals surface area (Å²) in [7, 11) is 5.90. The molecule has 0 N–H and O–H groups in total. The molecule has 9 heteroatoms. The Bertz CT molecular complexity index is 1230. The van der Waals surface area contributed by atoms with Crippen molar-refractivity contribution in [1.29, 1.82) is 0 Å². The molecule has 0 aromatic heterocycles. The summed E-state index contributed by atoms with van der Waals surface area (Å²) in [5, 5.41) is 11.7. The summed E-state index contributed by atoms with van der Waals surface area (Å²) in [6.07, 6.45) is 50.7. The van der Waals surface area contributed by atoms with Crippen LogP contribution in [0.3, 0.4) is 0 Å². The predicted molar refractivity (Wildman–Crippen MR) is 251 cm³/mol. The van der Waals surface area contributed by atoms with Gasteiger partial charge in [0.25, 0.3) is 0 Å². The van der Waals surface area contributed by atoms with E-state index in [0.717, 1.165) is 96.3 Å². The summed E-state index contributed by atoms with van der Waals surface area (Å²) in [5.74, 6) is -2.32. The minimum absolute atomic E-state index is 0.141. The lowest BCUT2D eigenvalue weighted by atomic mass is 10.1. The van der Waals surface area contributed by atoms with Gasteiger partial charge in [-0.2, -0.15) is 0 Å². The van der Waals surface area contributed by atoms with Crippen LogP contribution >= 0.6 is 0 Å². The lowest BCUT2D eigenvalue weighted by molar-refractivity contribution is -0.870. The number of rotatable bonds is 43. The van der Waals surface area contributed by atoms with Crippen molar-refractivity contribution >= 4 is 17.9 Å². The molecular formula is C52H89NO8. The average molecular weight is 856 g/mol. The Morgan fingerprint density at radius 3 is 1.41 bits per heavy atom. The molecule has 0 amide bonds. The van der Waals surface area contributed by atoms with Gasteiger partial charge in [-0.3, -0.25) is 9.59 Å². The Labute approximate surface area is 373 Å². The fourth-order valence-corrected chi connectivity index (χ4v) is 6.20. The molecule has 0 fully saturated rings. The zero-order valence-electron chi connectivity index (χ0n) is 39.5. The van der Waals surface area contributed by atoms with Gasteiger partial charge >= 0.3 is 11.9 Å².